The second-order valence-corrected chi connectivity index (χ2v) is 5.09. The molecule has 0 aliphatic carbocycles. The van der Waals surface area contributed by atoms with Gasteiger partial charge in [0.1, 0.15) is 0 Å². The van der Waals surface area contributed by atoms with Crippen molar-refractivity contribution in [3.8, 4) is 5.75 Å². The van der Waals surface area contributed by atoms with E-state index in [-0.39, 0.29) is 35.7 Å². The third-order valence-electron chi connectivity index (χ3n) is 3.65. The first kappa shape index (κ1) is 13.3. The quantitative estimate of drug-likeness (QED) is 0.755. The topological polar surface area (TPSA) is 91.3 Å². The zero-order valence-corrected chi connectivity index (χ0v) is 10.9. The summed E-state index contributed by atoms with van der Waals surface area (Å²) in [5.41, 5.74) is -0.791. The lowest BCUT2D eigenvalue weighted by molar-refractivity contribution is -0.129. The van der Waals surface area contributed by atoms with Crippen LogP contribution >= 0.6 is 0 Å². The molecular formula is C13H17N3O3. The number of nitrogens with zero attached hydrogens (tertiary/aromatic N) is 1. The molecule has 1 aliphatic heterocycles. The SMILES string of the molecule is CC(C)[C@@]1(C(=O)Nc2ncccc2O)CNC(=O)C1. The Morgan fingerprint density at radius 1 is 1.58 bits per heavy atom. The molecule has 3 N–H and O–H groups in total. The molecular weight excluding hydrogens is 246 g/mol. The van der Waals surface area contributed by atoms with E-state index in [2.05, 4.69) is 15.6 Å². The lowest BCUT2D eigenvalue weighted by atomic mass is 9.75. The minimum atomic E-state index is -0.791. The normalized spacial score (nSPS) is 22.4. The first-order valence-corrected chi connectivity index (χ1v) is 6.18. The van der Waals surface area contributed by atoms with Gasteiger partial charge in [0.05, 0.1) is 5.41 Å². The van der Waals surface area contributed by atoms with Crippen molar-refractivity contribution in [2.75, 3.05) is 11.9 Å². The highest BCUT2D eigenvalue weighted by atomic mass is 16.3. The fourth-order valence-corrected chi connectivity index (χ4v) is 2.22. The summed E-state index contributed by atoms with van der Waals surface area (Å²) in [7, 11) is 0. The van der Waals surface area contributed by atoms with Crippen LogP contribution in [0.4, 0.5) is 5.82 Å². The molecule has 0 unspecified atom stereocenters. The van der Waals surface area contributed by atoms with Crippen LogP contribution in [-0.2, 0) is 9.59 Å². The molecule has 0 saturated carbocycles. The molecule has 1 saturated heterocycles. The van der Waals surface area contributed by atoms with Gasteiger partial charge < -0.3 is 15.7 Å². The number of hydrogen-bond acceptors (Lipinski definition) is 4. The molecule has 1 aromatic rings. The van der Waals surface area contributed by atoms with E-state index in [1.165, 1.54) is 12.3 Å². The second kappa shape index (κ2) is 4.87. The predicted molar refractivity (Wildman–Crippen MR) is 69.4 cm³/mol. The highest BCUT2D eigenvalue weighted by Gasteiger charge is 2.47. The highest BCUT2D eigenvalue weighted by Crippen LogP contribution is 2.36. The zero-order chi connectivity index (χ0) is 14.0. The van der Waals surface area contributed by atoms with E-state index in [0.29, 0.717) is 6.54 Å². The summed E-state index contributed by atoms with van der Waals surface area (Å²) in [6.07, 6.45) is 1.64. The van der Waals surface area contributed by atoms with Crippen molar-refractivity contribution < 1.29 is 14.7 Å². The number of rotatable bonds is 3. The Morgan fingerprint density at radius 3 is 2.84 bits per heavy atom. The fraction of sp³-hybridized carbons (Fsp3) is 0.462. The number of aromatic hydroxyl groups is 1. The molecule has 6 heteroatoms. The van der Waals surface area contributed by atoms with Gasteiger partial charge in [0, 0.05) is 19.2 Å². The molecule has 1 aliphatic rings. The van der Waals surface area contributed by atoms with Gasteiger partial charge in [0.15, 0.2) is 11.6 Å². The van der Waals surface area contributed by atoms with Crippen molar-refractivity contribution in [1.29, 1.82) is 0 Å². The summed E-state index contributed by atoms with van der Waals surface area (Å²) < 4.78 is 0. The first-order chi connectivity index (χ1) is 8.95. The Morgan fingerprint density at radius 2 is 2.32 bits per heavy atom. The van der Waals surface area contributed by atoms with Gasteiger partial charge in [-0.25, -0.2) is 4.98 Å². The molecule has 2 amide bonds. The fourth-order valence-electron chi connectivity index (χ4n) is 2.22. The Hall–Kier alpha value is -2.11. The molecule has 1 fully saturated rings. The van der Waals surface area contributed by atoms with E-state index in [4.69, 9.17) is 0 Å². The Labute approximate surface area is 111 Å². The van der Waals surface area contributed by atoms with Gasteiger partial charge in [-0.3, -0.25) is 9.59 Å². The van der Waals surface area contributed by atoms with Gasteiger partial charge in [-0.1, -0.05) is 13.8 Å². The summed E-state index contributed by atoms with van der Waals surface area (Å²) in [6, 6.07) is 3.02. The minimum absolute atomic E-state index is 0.00250. The van der Waals surface area contributed by atoms with Crippen molar-refractivity contribution in [2.24, 2.45) is 11.3 Å². The number of carbonyl (C=O) groups excluding carboxylic acids is 2. The van der Waals surface area contributed by atoms with Crippen molar-refractivity contribution in [2.45, 2.75) is 20.3 Å². The molecule has 0 spiro atoms. The first-order valence-electron chi connectivity index (χ1n) is 6.18. The second-order valence-electron chi connectivity index (χ2n) is 5.09. The molecule has 0 bridgehead atoms. The van der Waals surface area contributed by atoms with Crippen LogP contribution in [0.15, 0.2) is 18.3 Å². The maximum absolute atomic E-state index is 12.4. The van der Waals surface area contributed by atoms with Gasteiger partial charge in [0.2, 0.25) is 11.8 Å². The number of pyridine rings is 1. The van der Waals surface area contributed by atoms with Gasteiger partial charge in [0.25, 0.3) is 0 Å². The van der Waals surface area contributed by atoms with Gasteiger partial charge in [-0.05, 0) is 18.1 Å². The maximum atomic E-state index is 12.4. The van der Waals surface area contributed by atoms with Crippen LogP contribution in [0, 0.1) is 11.3 Å². The summed E-state index contributed by atoms with van der Waals surface area (Å²) in [6.45, 7) is 4.11. The maximum Gasteiger partial charge on any atom is 0.234 e. The van der Waals surface area contributed by atoms with E-state index < -0.39 is 5.41 Å². The summed E-state index contributed by atoms with van der Waals surface area (Å²) >= 11 is 0. The van der Waals surface area contributed by atoms with Crippen LogP contribution in [0.2, 0.25) is 0 Å². The molecule has 2 rings (SSSR count). The molecule has 2 heterocycles. The van der Waals surface area contributed by atoms with Crippen molar-refractivity contribution >= 4 is 17.6 Å². The number of nitrogens with one attached hydrogen (secondary N) is 2. The minimum Gasteiger partial charge on any atom is -0.504 e. The van der Waals surface area contributed by atoms with E-state index in [9.17, 15) is 14.7 Å². The van der Waals surface area contributed by atoms with E-state index in [1.807, 2.05) is 13.8 Å². The summed E-state index contributed by atoms with van der Waals surface area (Å²) in [5.74, 6) is -0.403. The van der Waals surface area contributed by atoms with Crippen molar-refractivity contribution in [1.82, 2.24) is 10.3 Å². The predicted octanol–water partition coefficient (Wildman–Crippen LogP) is 0.888. The van der Waals surface area contributed by atoms with Crippen LogP contribution in [0.1, 0.15) is 20.3 Å². The van der Waals surface area contributed by atoms with Gasteiger partial charge in [-0.15, -0.1) is 0 Å². The molecule has 6 nitrogen and oxygen atoms in total. The smallest absolute Gasteiger partial charge is 0.234 e. The van der Waals surface area contributed by atoms with Crippen molar-refractivity contribution in [3.63, 3.8) is 0 Å². The third-order valence-corrected chi connectivity index (χ3v) is 3.65. The molecule has 1 aromatic heterocycles. The summed E-state index contributed by atoms with van der Waals surface area (Å²) in [5, 5.41) is 14.9. The lowest BCUT2D eigenvalue weighted by Crippen LogP contribution is -2.42. The van der Waals surface area contributed by atoms with Gasteiger partial charge in [-0.2, -0.15) is 0 Å². The average Bonchev–Trinajstić information content (AvgIpc) is 2.76. The van der Waals surface area contributed by atoms with E-state index in [1.54, 1.807) is 6.07 Å². The number of aromatic nitrogens is 1. The number of anilines is 1. The standard InChI is InChI=1S/C13H17N3O3/c1-8(2)13(6-10(18)15-7-13)12(19)16-11-9(17)4-3-5-14-11/h3-5,8,17H,6-7H2,1-2H3,(H,15,18)(H,14,16,19)/t13-/m0/s1. The third kappa shape index (κ3) is 2.38. The van der Waals surface area contributed by atoms with Gasteiger partial charge >= 0.3 is 0 Å². The Balaban J connectivity index is 2.23. The number of carbonyl (C=O) groups is 2. The largest absolute Gasteiger partial charge is 0.504 e. The molecule has 102 valence electrons. The van der Waals surface area contributed by atoms with Crippen LogP contribution in [-0.4, -0.2) is 28.4 Å². The van der Waals surface area contributed by atoms with Crippen molar-refractivity contribution in [3.05, 3.63) is 18.3 Å². The number of hydrogen-bond donors (Lipinski definition) is 3. The average molecular weight is 263 g/mol. The van der Waals surface area contributed by atoms with Crippen LogP contribution in [0.25, 0.3) is 0 Å². The molecule has 1 atom stereocenters. The Bertz CT molecular complexity index is 516. The van der Waals surface area contributed by atoms with Crippen LogP contribution < -0.4 is 10.6 Å². The van der Waals surface area contributed by atoms with E-state index in [0.717, 1.165) is 0 Å². The summed E-state index contributed by atoms with van der Waals surface area (Å²) in [4.78, 5) is 27.8. The Kier molecular flexibility index (Phi) is 3.42. The lowest BCUT2D eigenvalue weighted by Gasteiger charge is -2.29. The van der Waals surface area contributed by atoms with Crippen LogP contribution in [0.5, 0.6) is 5.75 Å². The monoisotopic (exact) mass is 263 g/mol. The zero-order valence-electron chi connectivity index (χ0n) is 10.9. The molecule has 0 radical (unpaired) electrons. The highest BCUT2D eigenvalue weighted by molar-refractivity contribution is 6.00. The van der Waals surface area contributed by atoms with Crippen LogP contribution in [0.3, 0.4) is 0 Å². The molecule has 0 aromatic carbocycles. The molecule has 19 heavy (non-hydrogen) atoms. The number of amides is 2. The van der Waals surface area contributed by atoms with E-state index >= 15 is 0 Å².